The number of fused-ring (bicyclic) bond motifs is 3. The van der Waals surface area contributed by atoms with Crippen molar-refractivity contribution < 1.29 is 4.74 Å². The van der Waals surface area contributed by atoms with E-state index in [-0.39, 0.29) is 6.04 Å². The van der Waals surface area contributed by atoms with Crippen LogP contribution in [-0.4, -0.2) is 6.21 Å². The van der Waals surface area contributed by atoms with Crippen molar-refractivity contribution in [3.8, 4) is 5.75 Å². The maximum atomic E-state index is 6.29. The molecule has 0 bridgehead atoms. The molecule has 0 aromatic heterocycles. The lowest BCUT2D eigenvalue weighted by Crippen LogP contribution is -2.28. The van der Waals surface area contributed by atoms with Crippen LogP contribution in [0.3, 0.4) is 0 Å². The quantitative estimate of drug-likeness (QED) is 0.210. The van der Waals surface area contributed by atoms with E-state index in [2.05, 4.69) is 97.2 Å². The number of benzene rings is 4. The highest BCUT2D eigenvalue weighted by molar-refractivity contribution is 6.30. The molecule has 1 N–H and O–H groups in total. The van der Waals surface area contributed by atoms with Crippen LogP contribution in [0.1, 0.15) is 46.2 Å². The van der Waals surface area contributed by atoms with Crippen LogP contribution in [0.15, 0.2) is 108 Å². The van der Waals surface area contributed by atoms with Crippen molar-refractivity contribution in [1.29, 1.82) is 0 Å². The summed E-state index contributed by atoms with van der Waals surface area (Å²) in [5.41, 5.74) is 8.04. The zero-order valence-electron chi connectivity index (χ0n) is 20.8. The Morgan fingerprint density at radius 1 is 0.973 bits per heavy atom. The maximum absolute atomic E-state index is 6.29. The zero-order chi connectivity index (χ0) is 25.2. The first-order chi connectivity index (χ1) is 18.1. The Balaban J connectivity index is 1.18. The molecule has 0 spiro atoms. The predicted molar refractivity (Wildman–Crippen MR) is 153 cm³/mol. The molecule has 3 nitrogen and oxygen atoms in total. The molecule has 1 aliphatic heterocycles. The smallest absolute Gasteiger partial charge is 0.128 e. The van der Waals surface area contributed by atoms with E-state index in [4.69, 9.17) is 21.3 Å². The van der Waals surface area contributed by atoms with Crippen molar-refractivity contribution in [1.82, 2.24) is 0 Å². The van der Waals surface area contributed by atoms with Gasteiger partial charge in [0.25, 0.3) is 0 Å². The second-order valence-electron chi connectivity index (χ2n) is 9.87. The number of halogens is 1. The number of hydrogen-bond donors (Lipinski definition) is 1. The standard InChI is InChI=1S/C33H29ClN2O/c1-22-9-11-23(12-10-22)21-37-32-18-15-26(34)19-25(32)20-35-27-16-13-24(14-17-27)33-30-7-4-6-28(30)29-5-2-3-8-31(29)36-33/h2-6,8-20,28,30,33,36H,7,21H2,1H3/t28-,30+,33-/m0/s1. The largest absolute Gasteiger partial charge is 0.488 e. The summed E-state index contributed by atoms with van der Waals surface area (Å²) in [5.74, 6) is 1.76. The van der Waals surface area contributed by atoms with Gasteiger partial charge in [0.15, 0.2) is 0 Å². The number of rotatable bonds is 6. The number of nitrogens with zero attached hydrogens (tertiary/aromatic N) is 1. The Kier molecular flexibility index (Phi) is 6.55. The first-order valence-corrected chi connectivity index (χ1v) is 13.2. The summed E-state index contributed by atoms with van der Waals surface area (Å²) >= 11 is 6.29. The normalized spacial score (nSPS) is 19.9. The average Bonchev–Trinajstić information content (AvgIpc) is 3.43. The first-order valence-electron chi connectivity index (χ1n) is 12.8. The van der Waals surface area contributed by atoms with E-state index in [1.54, 1.807) is 0 Å². The first kappa shape index (κ1) is 23.6. The van der Waals surface area contributed by atoms with Gasteiger partial charge in [-0.25, -0.2) is 0 Å². The Bertz CT molecular complexity index is 1460. The van der Waals surface area contributed by atoms with E-state index in [1.165, 1.54) is 22.4 Å². The molecule has 1 aliphatic carbocycles. The van der Waals surface area contributed by atoms with Gasteiger partial charge in [-0.2, -0.15) is 0 Å². The van der Waals surface area contributed by atoms with Gasteiger partial charge >= 0.3 is 0 Å². The maximum Gasteiger partial charge on any atom is 0.128 e. The molecule has 0 radical (unpaired) electrons. The molecule has 3 atom stereocenters. The van der Waals surface area contributed by atoms with E-state index in [0.717, 1.165) is 29.0 Å². The van der Waals surface area contributed by atoms with Crippen LogP contribution in [0, 0.1) is 12.8 Å². The topological polar surface area (TPSA) is 33.6 Å². The highest BCUT2D eigenvalue weighted by Gasteiger charge is 2.37. The van der Waals surface area contributed by atoms with Gasteiger partial charge in [0.1, 0.15) is 12.4 Å². The Labute approximate surface area is 223 Å². The van der Waals surface area contributed by atoms with E-state index < -0.39 is 0 Å². The van der Waals surface area contributed by atoms with Crippen LogP contribution in [-0.2, 0) is 6.61 Å². The number of hydrogen-bond acceptors (Lipinski definition) is 3. The van der Waals surface area contributed by atoms with Crippen LogP contribution >= 0.6 is 11.6 Å². The van der Waals surface area contributed by atoms with E-state index in [0.29, 0.717) is 23.5 Å². The molecule has 37 heavy (non-hydrogen) atoms. The van der Waals surface area contributed by atoms with Crippen molar-refractivity contribution >= 4 is 29.2 Å². The minimum atomic E-state index is 0.280. The highest BCUT2D eigenvalue weighted by Crippen LogP contribution is 2.49. The number of nitrogens with one attached hydrogen (secondary N) is 1. The van der Waals surface area contributed by atoms with E-state index in [1.807, 2.05) is 24.4 Å². The molecule has 0 amide bonds. The molecule has 0 saturated carbocycles. The van der Waals surface area contributed by atoms with Crippen LogP contribution < -0.4 is 10.1 Å². The molecule has 4 aromatic rings. The molecule has 0 fully saturated rings. The minimum Gasteiger partial charge on any atom is -0.488 e. The van der Waals surface area contributed by atoms with Gasteiger partial charge < -0.3 is 10.1 Å². The molecule has 0 unspecified atom stereocenters. The molecule has 184 valence electrons. The zero-order valence-corrected chi connectivity index (χ0v) is 21.5. The lowest BCUT2D eigenvalue weighted by molar-refractivity contribution is 0.306. The molecule has 1 heterocycles. The third-order valence-corrected chi connectivity index (χ3v) is 7.60. The summed E-state index contributed by atoms with van der Waals surface area (Å²) in [6.07, 6.45) is 7.63. The van der Waals surface area contributed by atoms with Crippen molar-refractivity contribution in [2.24, 2.45) is 10.9 Å². The third kappa shape index (κ3) is 5.05. The summed E-state index contributed by atoms with van der Waals surface area (Å²) in [7, 11) is 0. The molecular weight excluding hydrogens is 476 g/mol. The van der Waals surface area contributed by atoms with Gasteiger partial charge in [0.2, 0.25) is 0 Å². The summed E-state index contributed by atoms with van der Waals surface area (Å²) < 4.78 is 6.11. The number of allylic oxidation sites excluding steroid dienone is 2. The van der Waals surface area contributed by atoms with Gasteiger partial charge in [0, 0.05) is 28.4 Å². The molecule has 0 saturated heterocycles. The molecular formula is C33H29ClN2O. The number of aryl methyl sites for hydroxylation is 1. The average molecular weight is 505 g/mol. The Morgan fingerprint density at radius 2 is 1.78 bits per heavy atom. The van der Waals surface area contributed by atoms with Gasteiger partial charge in [-0.3, -0.25) is 4.99 Å². The molecule has 6 rings (SSSR count). The fourth-order valence-corrected chi connectivity index (χ4v) is 5.56. The minimum absolute atomic E-state index is 0.280. The number of ether oxygens (including phenoxy) is 1. The second kappa shape index (κ2) is 10.3. The highest BCUT2D eigenvalue weighted by atomic mass is 35.5. The number of anilines is 1. The van der Waals surface area contributed by atoms with Crippen LogP contribution in [0.5, 0.6) is 5.75 Å². The summed E-state index contributed by atoms with van der Waals surface area (Å²) in [6.45, 7) is 2.57. The fourth-order valence-electron chi connectivity index (χ4n) is 5.38. The number of para-hydroxylation sites is 1. The lowest BCUT2D eigenvalue weighted by atomic mass is 9.77. The SMILES string of the molecule is Cc1ccc(COc2ccc(Cl)cc2C=Nc2ccc([C@@H]3Nc4ccccc4[C@@H]4C=CC[C@H]43)cc2)cc1. The van der Waals surface area contributed by atoms with Gasteiger partial charge in [-0.1, -0.05) is 83.9 Å². The third-order valence-electron chi connectivity index (χ3n) is 7.36. The van der Waals surface area contributed by atoms with Crippen molar-refractivity contribution in [3.63, 3.8) is 0 Å². The Morgan fingerprint density at radius 3 is 2.62 bits per heavy atom. The predicted octanol–water partition coefficient (Wildman–Crippen LogP) is 8.80. The number of aliphatic imine (C=N–C) groups is 1. The van der Waals surface area contributed by atoms with Crippen molar-refractivity contribution in [2.75, 3.05) is 5.32 Å². The van der Waals surface area contributed by atoms with Crippen LogP contribution in [0.4, 0.5) is 11.4 Å². The molecule has 4 heteroatoms. The lowest BCUT2D eigenvalue weighted by Gasteiger charge is -2.37. The van der Waals surface area contributed by atoms with Crippen LogP contribution in [0.2, 0.25) is 5.02 Å². The summed E-state index contributed by atoms with van der Waals surface area (Å²) in [6, 6.07) is 31.5. The van der Waals surface area contributed by atoms with Crippen molar-refractivity contribution in [3.05, 3.63) is 136 Å². The Hall–Kier alpha value is -3.82. The van der Waals surface area contributed by atoms with Crippen LogP contribution in [0.25, 0.3) is 0 Å². The van der Waals surface area contributed by atoms with E-state index in [9.17, 15) is 0 Å². The van der Waals surface area contributed by atoms with Gasteiger partial charge in [-0.05, 0) is 72.4 Å². The summed E-state index contributed by atoms with van der Waals surface area (Å²) in [4.78, 5) is 4.74. The van der Waals surface area contributed by atoms with E-state index >= 15 is 0 Å². The fraction of sp³-hybridized carbons (Fsp3) is 0.182. The monoisotopic (exact) mass is 504 g/mol. The second-order valence-corrected chi connectivity index (χ2v) is 10.3. The van der Waals surface area contributed by atoms with Gasteiger partial charge in [0.05, 0.1) is 11.7 Å². The molecule has 2 aliphatic rings. The molecule has 4 aromatic carbocycles. The summed E-state index contributed by atoms with van der Waals surface area (Å²) in [5, 5.41) is 4.45. The van der Waals surface area contributed by atoms with Crippen molar-refractivity contribution in [2.45, 2.75) is 31.9 Å². The van der Waals surface area contributed by atoms with Gasteiger partial charge in [-0.15, -0.1) is 0 Å².